The van der Waals surface area contributed by atoms with Gasteiger partial charge < -0.3 is 5.32 Å². The molecule has 0 bridgehead atoms. The summed E-state index contributed by atoms with van der Waals surface area (Å²) in [5, 5.41) is 4.09. The maximum atomic E-state index is 13.0. The Bertz CT molecular complexity index is 421. The summed E-state index contributed by atoms with van der Waals surface area (Å²) in [6.07, 6.45) is 2.61. The number of nitrogens with zero attached hydrogens (tertiary/aromatic N) is 2. The van der Waals surface area contributed by atoms with E-state index >= 15 is 0 Å². The molecule has 1 aliphatic rings. The summed E-state index contributed by atoms with van der Waals surface area (Å²) in [5.74, 6) is -1.90. The van der Waals surface area contributed by atoms with E-state index in [0.29, 0.717) is 29.0 Å². The molecule has 2 rings (SSSR count). The zero-order chi connectivity index (χ0) is 13.2. The molecule has 0 aromatic carbocycles. The smallest absolute Gasteiger partial charge is 0.248 e. The molecule has 0 spiro atoms. The number of nitrogens with one attached hydrogen (secondary N) is 1. The van der Waals surface area contributed by atoms with E-state index in [1.54, 1.807) is 6.07 Å². The van der Waals surface area contributed by atoms with Crippen molar-refractivity contribution >= 4 is 29.2 Å². The second kappa shape index (κ2) is 5.57. The highest BCUT2D eigenvalue weighted by atomic mass is 35.5. The molecule has 0 amide bonds. The number of anilines is 1. The number of halogens is 3. The molecule has 0 saturated heterocycles. The fourth-order valence-corrected chi connectivity index (χ4v) is 2.57. The Morgan fingerprint density at radius 1 is 1.39 bits per heavy atom. The highest BCUT2D eigenvalue weighted by Gasteiger charge is 2.34. The second-order valence-corrected chi connectivity index (χ2v) is 5.50. The molecule has 1 aliphatic carbocycles. The Hall–Kier alpha value is -0.620. The summed E-state index contributed by atoms with van der Waals surface area (Å²) in [6, 6.07) is 1.65. The van der Waals surface area contributed by atoms with Gasteiger partial charge in [-0.3, -0.25) is 0 Å². The molecule has 1 aromatic rings. The largest absolute Gasteiger partial charge is 0.367 e. The molecule has 0 radical (unpaired) electrons. The SMILES string of the molecule is CSc1nc(Cl)cc(NC2CCC(F)(F)CC2)n1. The van der Waals surface area contributed by atoms with Crippen LogP contribution in [-0.4, -0.2) is 28.2 Å². The molecule has 18 heavy (non-hydrogen) atoms. The van der Waals surface area contributed by atoms with E-state index in [2.05, 4.69) is 15.3 Å². The molecule has 0 atom stereocenters. The zero-order valence-electron chi connectivity index (χ0n) is 9.92. The van der Waals surface area contributed by atoms with Crippen molar-refractivity contribution in [2.24, 2.45) is 0 Å². The van der Waals surface area contributed by atoms with Gasteiger partial charge in [-0.25, -0.2) is 18.7 Å². The Morgan fingerprint density at radius 3 is 2.67 bits per heavy atom. The first kappa shape index (κ1) is 13.8. The van der Waals surface area contributed by atoms with Crippen LogP contribution in [0.4, 0.5) is 14.6 Å². The summed E-state index contributed by atoms with van der Waals surface area (Å²) in [7, 11) is 0. The maximum Gasteiger partial charge on any atom is 0.248 e. The maximum absolute atomic E-state index is 13.0. The monoisotopic (exact) mass is 293 g/mol. The quantitative estimate of drug-likeness (QED) is 0.522. The van der Waals surface area contributed by atoms with E-state index in [-0.39, 0.29) is 18.9 Å². The van der Waals surface area contributed by atoms with Crippen LogP contribution in [-0.2, 0) is 0 Å². The van der Waals surface area contributed by atoms with Crippen molar-refractivity contribution < 1.29 is 8.78 Å². The number of aromatic nitrogens is 2. The summed E-state index contributed by atoms with van der Waals surface area (Å²) in [6.45, 7) is 0. The van der Waals surface area contributed by atoms with Crippen LogP contribution < -0.4 is 5.32 Å². The predicted molar refractivity (Wildman–Crippen MR) is 69.6 cm³/mol. The third kappa shape index (κ3) is 3.68. The van der Waals surface area contributed by atoms with Gasteiger partial charge in [-0.1, -0.05) is 23.4 Å². The molecule has 3 nitrogen and oxygen atoms in total. The van der Waals surface area contributed by atoms with Gasteiger partial charge in [-0.15, -0.1) is 0 Å². The van der Waals surface area contributed by atoms with E-state index < -0.39 is 5.92 Å². The average Bonchev–Trinajstić information content (AvgIpc) is 2.31. The molecule has 1 aromatic heterocycles. The lowest BCUT2D eigenvalue weighted by Crippen LogP contribution is -2.32. The summed E-state index contributed by atoms with van der Waals surface area (Å²) < 4.78 is 26.0. The van der Waals surface area contributed by atoms with Crippen molar-refractivity contribution in [3.05, 3.63) is 11.2 Å². The van der Waals surface area contributed by atoms with E-state index in [1.165, 1.54) is 11.8 Å². The first-order valence-electron chi connectivity index (χ1n) is 5.71. The Balaban J connectivity index is 2.00. The lowest BCUT2D eigenvalue weighted by molar-refractivity contribution is -0.0361. The number of thioether (sulfide) groups is 1. The van der Waals surface area contributed by atoms with Crippen molar-refractivity contribution in [1.29, 1.82) is 0 Å². The van der Waals surface area contributed by atoms with Gasteiger partial charge in [0.15, 0.2) is 5.16 Å². The molecule has 0 unspecified atom stereocenters. The van der Waals surface area contributed by atoms with Gasteiger partial charge in [0.2, 0.25) is 5.92 Å². The molecular weight excluding hydrogens is 280 g/mol. The highest BCUT2D eigenvalue weighted by molar-refractivity contribution is 7.98. The van der Waals surface area contributed by atoms with Crippen LogP contribution >= 0.6 is 23.4 Å². The van der Waals surface area contributed by atoms with Gasteiger partial charge in [-0.05, 0) is 19.1 Å². The molecule has 100 valence electrons. The summed E-state index contributed by atoms with van der Waals surface area (Å²) in [5.41, 5.74) is 0. The lowest BCUT2D eigenvalue weighted by Gasteiger charge is -2.29. The zero-order valence-corrected chi connectivity index (χ0v) is 11.5. The highest BCUT2D eigenvalue weighted by Crippen LogP contribution is 2.34. The standard InChI is InChI=1S/C11H14ClF2N3S/c1-18-10-16-8(12)6-9(17-10)15-7-2-4-11(13,14)5-3-7/h6-7H,2-5H2,1H3,(H,15,16,17). The minimum Gasteiger partial charge on any atom is -0.367 e. The predicted octanol–water partition coefficient (Wildman–Crippen LogP) is 3.84. The first-order valence-corrected chi connectivity index (χ1v) is 7.32. The summed E-state index contributed by atoms with van der Waals surface area (Å²) >= 11 is 7.26. The fraction of sp³-hybridized carbons (Fsp3) is 0.636. The number of alkyl halides is 2. The minimum absolute atomic E-state index is 0.0327. The van der Waals surface area contributed by atoms with Crippen LogP contribution in [0, 0.1) is 0 Å². The third-order valence-corrected chi connectivity index (χ3v) is 3.67. The van der Waals surface area contributed by atoms with Gasteiger partial charge in [0, 0.05) is 24.9 Å². The Kier molecular flexibility index (Phi) is 4.27. The molecule has 1 heterocycles. The van der Waals surface area contributed by atoms with Gasteiger partial charge >= 0.3 is 0 Å². The van der Waals surface area contributed by atoms with Gasteiger partial charge in [-0.2, -0.15) is 0 Å². The van der Waals surface area contributed by atoms with Crippen molar-refractivity contribution in [2.75, 3.05) is 11.6 Å². The normalized spacial score (nSPS) is 19.8. The Labute approximate surface area is 114 Å². The van der Waals surface area contributed by atoms with Crippen molar-refractivity contribution in [2.45, 2.75) is 42.8 Å². The van der Waals surface area contributed by atoms with Gasteiger partial charge in [0.05, 0.1) is 0 Å². The van der Waals surface area contributed by atoms with E-state index in [4.69, 9.17) is 11.6 Å². The van der Waals surface area contributed by atoms with Crippen molar-refractivity contribution in [1.82, 2.24) is 9.97 Å². The van der Waals surface area contributed by atoms with Crippen LogP contribution in [0.15, 0.2) is 11.2 Å². The van der Waals surface area contributed by atoms with E-state index in [0.717, 1.165) is 0 Å². The van der Waals surface area contributed by atoms with Gasteiger partial charge in [0.1, 0.15) is 11.0 Å². The number of hydrogen-bond donors (Lipinski definition) is 1. The topological polar surface area (TPSA) is 37.8 Å². The van der Waals surface area contributed by atoms with E-state index in [1.807, 2.05) is 6.26 Å². The molecular formula is C11H14ClF2N3S. The Morgan fingerprint density at radius 2 is 2.06 bits per heavy atom. The van der Waals surface area contributed by atoms with Crippen LogP contribution in [0.25, 0.3) is 0 Å². The molecule has 1 saturated carbocycles. The van der Waals surface area contributed by atoms with E-state index in [9.17, 15) is 8.78 Å². The second-order valence-electron chi connectivity index (χ2n) is 4.34. The van der Waals surface area contributed by atoms with Crippen molar-refractivity contribution in [3.8, 4) is 0 Å². The lowest BCUT2D eigenvalue weighted by atomic mass is 9.92. The first-order chi connectivity index (χ1) is 8.48. The summed E-state index contributed by atoms with van der Waals surface area (Å²) in [4.78, 5) is 8.28. The van der Waals surface area contributed by atoms with Gasteiger partial charge in [0.25, 0.3) is 0 Å². The number of rotatable bonds is 3. The van der Waals surface area contributed by atoms with Crippen LogP contribution in [0.3, 0.4) is 0 Å². The fourth-order valence-electron chi connectivity index (χ4n) is 1.96. The minimum atomic E-state index is -2.51. The van der Waals surface area contributed by atoms with Crippen LogP contribution in [0.5, 0.6) is 0 Å². The molecule has 1 N–H and O–H groups in total. The number of hydrogen-bond acceptors (Lipinski definition) is 4. The van der Waals surface area contributed by atoms with Crippen LogP contribution in [0.2, 0.25) is 5.15 Å². The van der Waals surface area contributed by atoms with Crippen molar-refractivity contribution in [3.63, 3.8) is 0 Å². The average molecular weight is 294 g/mol. The van der Waals surface area contributed by atoms with Crippen LogP contribution in [0.1, 0.15) is 25.7 Å². The molecule has 0 aliphatic heterocycles. The third-order valence-electron chi connectivity index (χ3n) is 2.93. The molecule has 7 heteroatoms. The molecule has 1 fully saturated rings.